The average Bonchev–Trinajstić information content (AvgIpc) is 2.50. The fourth-order valence-corrected chi connectivity index (χ4v) is 2.71. The van der Waals surface area contributed by atoms with E-state index in [1.807, 2.05) is 7.05 Å². The molecule has 1 aromatic carbocycles. The second-order valence-corrected chi connectivity index (χ2v) is 5.64. The summed E-state index contributed by atoms with van der Waals surface area (Å²) >= 11 is 0. The average molecular weight is 293 g/mol. The lowest BCUT2D eigenvalue weighted by molar-refractivity contribution is -0.116. The van der Waals surface area contributed by atoms with Gasteiger partial charge in [-0.3, -0.25) is 4.79 Å². The Bertz CT molecular complexity index is 492. The Morgan fingerprint density at radius 1 is 1.48 bits per heavy atom. The summed E-state index contributed by atoms with van der Waals surface area (Å²) in [5.41, 5.74) is 1.05. The zero-order valence-electron chi connectivity index (χ0n) is 12.8. The third-order valence-corrected chi connectivity index (χ3v) is 4.11. The number of amides is 1. The Balaban J connectivity index is 1.81. The van der Waals surface area contributed by atoms with Gasteiger partial charge in [0, 0.05) is 36.8 Å². The fraction of sp³-hybridized carbons (Fsp3) is 0.562. The number of anilines is 1. The minimum Gasteiger partial charge on any atom is -0.326 e. The summed E-state index contributed by atoms with van der Waals surface area (Å²) in [7, 11) is 1.98. The van der Waals surface area contributed by atoms with E-state index in [9.17, 15) is 9.18 Å². The number of hydrogen-bond acceptors (Lipinski definition) is 3. The lowest BCUT2D eigenvalue weighted by Gasteiger charge is -2.32. The minimum absolute atomic E-state index is 0.0599. The minimum atomic E-state index is -0.291. The number of hydrogen-bond donors (Lipinski definition) is 2. The first-order chi connectivity index (χ1) is 10.1. The van der Waals surface area contributed by atoms with Crippen LogP contribution in [0.2, 0.25) is 0 Å². The number of carbonyl (C=O) groups excluding carboxylic acids is 1. The second-order valence-electron chi connectivity index (χ2n) is 5.64. The third-order valence-electron chi connectivity index (χ3n) is 4.11. The topological polar surface area (TPSA) is 44.4 Å². The molecule has 5 heteroatoms. The molecule has 2 rings (SSSR count). The highest BCUT2D eigenvalue weighted by Gasteiger charge is 2.18. The molecule has 1 aromatic rings. The van der Waals surface area contributed by atoms with Gasteiger partial charge in [-0.05, 0) is 45.5 Å². The fourth-order valence-electron chi connectivity index (χ4n) is 2.71. The summed E-state index contributed by atoms with van der Waals surface area (Å²) in [6.07, 6.45) is 2.80. The molecule has 1 aliphatic rings. The van der Waals surface area contributed by atoms with Crippen molar-refractivity contribution in [2.45, 2.75) is 32.2 Å². The van der Waals surface area contributed by atoms with Crippen LogP contribution in [-0.2, 0) is 4.79 Å². The Morgan fingerprint density at radius 3 is 3.05 bits per heavy atom. The molecule has 1 heterocycles. The number of likely N-dealkylation sites (N-methyl/N-ethyl adjacent to an activating group) is 1. The molecule has 116 valence electrons. The zero-order valence-corrected chi connectivity index (χ0v) is 12.8. The standard InChI is InChI=1S/C16H24FN3O/c1-12-14(17)6-3-7-15(12)19-16(21)8-10-20-9-4-5-13(11-20)18-2/h3,6-7,13,18H,4-5,8-11H2,1-2H3,(H,19,21). The van der Waals surface area contributed by atoms with Crippen LogP contribution in [-0.4, -0.2) is 43.5 Å². The van der Waals surface area contributed by atoms with Gasteiger partial charge >= 0.3 is 0 Å². The molecule has 1 saturated heterocycles. The van der Waals surface area contributed by atoms with Gasteiger partial charge in [0.05, 0.1) is 0 Å². The van der Waals surface area contributed by atoms with Crippen LogP contribution in [0, 0.1) is 12.7 Å². The van der Waals surface area contributed by atoms with Crippen molar-refractivity contribution in [3.63, 3.8) is 0 Å². The van der Waals surface area contributed by atoms with Crippen molar-refractivity contribution in [3.8, 4) is 0 Å². The molecule has 1 aliphatic heterocycles. The smallest absolute Gasteiger partial charge is 0.225 e. The van der Waals surface area contributed by atoms with Crippen LogP contribution >= 0.6 is 0 Å². The van der Waals surface area contributed by atoms with E-state index >= 15 is 0 Å². The van der Waals surface area contributed by atoms with E-state index in [0.717, 1.165) is 26.1 Å². The van der Waals surface area contributed by atoms with E-state index in [4.69, 9.17) is 0 Å². The summed E-state index contributed by atoms with van der Waals surface area (Å²) in [5, 5.41) is 6.09. The number of nitrogens with one attached hydrogen (secondary N) is 2. The molecule has 0 aliphatic carbocycles. The molecular weight excluding hydrogens is 269 g/mol. The first kappa shape index (κ1) is 15.9. The van der Waals surface area contributed by atoms with Gasteiger partial charge in [0.2, 0.25) is 5.91 Å². The van der Waals surface area contributed by atoms with Gasteiger partial charge in [-0.2, -0.15) is 0 Å². The van der Waals surface area contributed by atoms with Gasteiger partial charge in [0.25, 0.3) is 0 Å². The van der Waals surface area contributed by atoms with Crippen molar-refractivity contribution in [2.24, 2.45) is 0 Å². The van der Waals surface area contributed by atoms with E-state index in [-0.39, 0.29) is 11.7 Å². The Hall–Kier alpha value is -1.46. The van der Waals surface area contributed by atoms with Crippen LogP contribution < -0.4 is 10.6 Å². The van der Waals surface area contributed by atoms with Crippen molar-refractivity contribution in [1.82, 2.24) is 10.2 Å². The van der Waals surface area contributed by atoms with Crippen molar-refractivity contribution < 1.29 is 9.18 Å². The highest BCUT2D eigenvalue weighted by atomic mass is 19.1. The van der Waals surface area contributed by atoms with Crippen molar-refractivity contribution in [1.29, 1.82) is 0 Å². The van der Waals surface area contributed by atoms with E-state index in [1.165, 1.54) is 12.5 Å². The number of rotatable bonds is 5. The molecule has 0 aromatic heterocycles. The maximum atomic E-state index is 13.4. The monoisotopic (exact) mass is 293 g/mol. The second kappa shape index (κ2) is 7.52. The molecule has 1 unspecified atom stereocenters. The van der Waals surface area contributed by atoms with Crippen molar-refractivity contribution in [3.05, 3.63) is 29.6 Å². The Kier molecular flexibility index (Phi) is 5.70. The van der Waals surface area contributed by atoms with Crippen LogP contribution in [0.1, 0.15) is 24.8 Å². The lowest BCUT2D eigenvalue weighted by atomic mass is 10.1. The van der Waals surface area contributed by atoms with E-state index < -0.39 is 0 Å². The highest BCUT2D eigenvalue weighted by Crippen LogP contribution is 2.17. The largest absolute Gasteiger partial charge is 0.326 e. The van der Waals surface area contributed by atoms with Crippen LogP contribution in [0.15, 0.2) is 18.2 Å². The summed E-state index contributed by atoms with van der Waals surface area (Å²) in [6.45, 7) is 4.46. The SMILES string of the molecule is CNC1CCCN(CCC(=O)Nc2cccc(F)c2C)C1. The highest BCUT2D eigenvalue weighted by molar-refractivity contribution is 5.91. The number of benzene rings is 1. The molecule has 0 bridgehead atoms. The third kappa shape index (κ3) is 4.51. The first-order valence-corrected chi connectivity index (χ1v) is 7.54. The summed E-state index contributed by atoms with van der Waals surface area (Å²) in [4.78, 5) is 14.3. The number of carbonyl (C=O) groups is 1. The van der Waals surface area contributed by atoms with E-state index in [1.54, 1.807) is 19.1 Å². The predicted molar refractivity (Wildman–Crippen MR) is 82.9 cm³/mol. The van der Waals surface area contributed by atoms with Crippen LogP contribution in [0.4, 0.5) is 10.1 Å². The van der Waals surface area contributed by atoms with Gasteiger partial charge < -0.3 is 15.5 Å². The molecule has 4 nitrogen and oxygen atoms in total. The maximum Gasteiger partial charge on any atom is 0.225 e. The van der Waals surface area contributed by atoms with Crippen molar-refractivity contribution in [2.75, 3.05) is 32.0 Å². The zero-order chi connectivity index (χ0) is 15.2. The Labute approximate surface area is 125 Å². The molecular formula is C16H24FN3O. The lowest BCUT2D eigenvalue weighted by Crippen LogP contribution is -2.45. The first-order valence-electron chi connectivity index (χ1n) is 7.54. The van der Waals surface area contributed by atoms with Crippen LogP contribution in [0.5, 0.6) is 0 Å². The van der Waals surface area contributed by atoms with Gasteiger partial charge in [-0.25, -0.2) is 4.39 Å². The Morgan fingerprint density at radius 2 is 2.29 bits per heavy atom. The van der Waals surface area contributed by atoms with Gasteiger partial charge in [0.15, 0.2) is 0 Å². The number of halogens is 1. The number of nitrogens with zero attached hydrogens (tertiary/aromatic N) is 1. The van der Waals surface area contributed by atoms with E-state index in [0.29, 0.717) is 23.7 Å². The molecule has 1 fully saturated rings. The summed E-state index contributed by atoms with van der Waals surface area (Å²) in [6, 6.07) is 5.26. The van der Waals surface area contributed by atoms with Gasteiger partial charge in [0.1, 0.15) is 5.82 Å². The number of piperidine rings is 1. The van der Waals surface area contributed by atoms with Gasteiger partial charge in [-0.15, -0.1) is 0 Å². The molecule has 21 heavy (non-hydrogen) atoms. The summed E-state index contributed by atoms with van der Waals surface area (Å²) in [5.74, 6) is -0.351. The number of likely N-dealkylation sites (tertiary alicyclic amines) is 1. The molecule has 0 spiro atoms. The molecule has 0 saturated carbocycles. The summed E-state index contributed by atoms with van der Waals surface area (Å²) < 4.78 is 13.4. The van der Waals surface area contributed by atoms with Crippen LogP contribution in [0.25, 0.3) is 0 Å². The maximum absolute atomic E-state index is 13.4. The molecule has 0 radical (unpaired) electrons. The molecule has 2 N–H and O–H groups in total. The molecule has 1 amide bonds. The van der Waals surface area contributed by atoms with Crippen molar-refractivity contribution >= 4 is 11.6 Å². The van der Waals surface area contributed by atoms with Crippen LogP contribution in [0.3, 0.4) is 0 Å². The van der Waals surface area contributed by atoms with E-state index in [2.05, 4.69) is 15.5 Å². The molecule has 1 atom stereocenters. The quantitative estimate of drug-likeness (QED) is 0.874. The normalized spacial score (nSPS) is 19.5. The van der Waals surface area contributed by atoms with Gasteiger partial charge in [-0.1, -0.05) is 6.07 Å². The predicted octanol–water partition coefficient (Wildman–Crippen LogP) is 2.15.